The minimum atomic E-state index is -0.742. The van der Waals surface area contributed by atoms with Crippen molar-refractivity contribution in [2.45, 2.75) is 10.8 Å². The van der Waals surface area contributed by atoms with E-state index in [4.69, 9.17) is 0 Å². The van der Waals surface area contributed by atoms with E-state index in [1.807, 2.05) is 11.3 Å². The van der Waals surface area contributed by atoms with E-state index in [0.29, 0.717) is 0 Å². The van der Waals surface area contributed by atoms with Crippen molar-refractivity contribution in [2.24, 2.45) is 0 Å². The molecular weight excluding hydrogens is 935 g/mol. The van der Waals surface area contributed by atoms with Crippen molar-refractivity contribution < 1.29 is 0 Å². The standard InChI is InChI=1S/C74H47NS/c1-3-22-48(23-4-1)52-26-7-14-33-61(52)74(62-34-15-8-27-53(62)49-24-5-2-6-25-49)65-37-18-11-30-56(65)57-44-42-50(46-68(57)74)75(51-43-45-59-58-31-13-20-41-70(58)76-71(59)47-51)69-40-21-39-67-72(69)60-32-12-19-38-66(60)73(67)63-35-16-9-28-54(63)55-29-10-17-36-64(55)73/h1-47H. The maximum atomic E-state index is 2.59. The SMILES string of the molecule is c1ccc(-c2ccccc2C2(c3ccccc3-c3ccccc3)c3ccccc3-c3ccc(N(c4ccc5c(c4)sc4ccccc45)c4cccc5c4-c4ccccc4C54c5ccccc5-c5ccccc54)cc32)cc1. The third-order valence-corrected chi connectivity index (χ3v) is 18.1. The van der Waals surface area contributed by atoms with E-state index in [0.717, 1.165) is 17.1 Å². The molecule has 12 aromatic carbocycles. The topological polar surface area (TPSA) is 3.24 Å². The average molecular weight is 982 g/mol. The number of thiophene rings is 1. The third kappa shape index (κ3) is 5.85. The second-order valence-electron chi connectivity index (χ2n) is 20.5. The van der Waals surface area contributed by atoms with Crippen molar-refractivity contribution in [3.8, 4) is 55.6 Å². The summed E-state index contributed by atoms with van der Waals surface area (Å²) < 4.78 is 2.56. The lowest BCUT2D eigenvalue weighted by atomic mass is 9.64. The van der Waals surface area contributed by atoms with Gasteiger partial charge in [0.05, 0.1) is 16.5 Å². The molecule has 3 aliphatic carbocycles. The van der Waals surface area contributed by atoms with Gasteiger partial charge in [0.25, 0.3) is 0 Å². The number of hydrogen-bond donors (Lipinski definition) is 0. The Balaban J connectivity index is 1.02. The van der Waals surface area contributed by atoms with E-state index < -0.39 is 10.8 Å². The molecule has 1 nitrogen and oxygen atoms in total. The van der Waals surface area contributed by atoms with Gasteiger partial charge in [0, 0.05) is 37.1 Å². The summed E-state index contributed by atoms with van der Waals surface area (Å²) in [6.07, 6.45) is 0. The number of nitrogens with zero attached hydrogens (tertiary/aromatic N) is 1. The Bertz CT molecular complexity index is 4360. The van der Waals surface area contributed by atoms with Gasteiger partial charge in [0.1, 0.15) is 0 Å². The van der Waals surface area contributed by atoms with E-state index in [1.165, 1.54) is 120 Å². The minimum absolute atomic E-state index is 0.493. The van der Waals surface area contributed by atoms with Gasteiger partial charge in [-0.25, -0.2) is 0 Å². The molecule has 0 unspecified atom stereocenters. The van der Waals surface area contributed by atoms with Gasteiger partial charge in [0.15, 0.2) is 0 Å². The molecule has 0 saturated carbocycles. The Morgan fingerprint density at radius 2 is 0.645 bits per heavy atom. The van der Waals surface area contributed by atoms with Crippen LogP contribution in [0.4, 0.5) is 17.1 Å². The maximum absolute atomic E-state index is 2.59. The summed E-state index contributed by atoms with van der Waals surface area (Å²) in [6.45, 7) is 0. The van der Waals surface area contributed by atoms with Crippen LogP contribution in [0.1, 0.15) is 44.5 Å². The normalized spacial score (nSPS) is 13.7. The Morgan fingerprint density at radius 3 is 1.22 bits per heavy atom. The van der Waals surface area contributed by atoms with Crippen LogP contribution in [-0.2, 0) is 10.8 Å². The quantitative estimate of drug-likeness (QED) is 0.154. The Labute approximate surface area is 446 Å². The number of rotatable bonds is 7. The Morgan fingerprint density at radius 1 is 0.250 bits per heavy atom. The highest BCUT2D eigenvalue weighted by atomic mass is 32.1. The van der Waals surface area contributed by atoms with Crippen LogP contribution >= 0.6 is 11.3 Å². The Kier molecular flexibility index (Phi) is 9.40. The van der Waals surface area contributed by atoms with Gasteiger partial charge < -0.3 is 4.90 Å². The van der Waals surface area contributed by atoms with Crippen molar-refractivity contribution in [1.82, 2.24) is 0 Å². The van der Waals surface area contributed by atoms with Gasteiger partial charge in [-0.3, -0.25) is 0 Å². The molecule has 0 aliphatic heterocycles. The monoisotopic (exact) mass is 981 g/mol. The van der Waals surface area contributed by atoms with Crippen molar-refractivity contribution >= 4 is 48.6 Å². The minimum Gasteiger partial charge on any atom is -0.310 e. The van der Waals surface area contributed by atoms with Crippen LogP contribution in [0.25, 0.3) is 75.8 Å². The van der Waals surface area contributed by atoms with Gasteiger partial charge in [-0.05, 0) is 131 Å². The highest BCUT2D eigenvalue weighted by Gasteiger charge is 2.53. The fourth-order valence-electron chi connectivity index (χ4n) is 14.1. The van der Waals surface area contributed by atoms with Crippen LogP contribution < -0.4 is 4.90 Å². The Hall–Kier alpha value is -9.34. The van der Waals surface area contributed by atoms with Crippen molar-refractivity contribution in [1.29, 1.82) is 0 Å². The average Bonchev–Trinajstić information content (AvgIpc) is 4.28. The molecule has 13 aromatic rings. The number of hydrogen-bond acceptors (Lipinski definition) is 2. The summed E-state index contributed by atoms with van der Waals surface area (Å²) >= 11 is 1.88. The molecule has 0 N–H and O–H groups in total. The molecular formula is C74H47NS. The lowest BCUT2D eigenvalue weighted by Crippen LogP contribution is -2.30. The number of benzene rings is 12. The van der Waals surface area contributed by atoms with E-state index >= 15 is 0 Å². The second kappa shape index (κ2) is 16.6. The molecule has 1 spiro atoms. The van der Waals surface area contributed by atoms with E-state index in [1.54, 1.807) is 0 Å². The van der Waals surface area contributed by atoms with Crippen LogP contribution in [0.2, 0.25) is 0 Å². The predicted molar refractivity (Wildman–Crippen MR) is 318 cm³/mol. The smallest absolute Gasteiger partial charge is 0.0726 e. The molecule has 0 radical (unpaired) electrons. The molecule has 16 rings (SSSR count). The molecule has 3 aliphatic rings. The molecule has 0 fully saturated rings. The zero-order valence-corrected chi connectivity index (χ0v) is 42.3. The maximum Gasteiger partial charge on any atom is 0.0726 e. The zero-order valence-electron chi connectivity index (χ0n) is 41.5. The fourth-order valence-corrected chi connectivity index (χ4v) is 15.2. The van der Waals surface area contributed by atoms with Crippen LogP contribution in [0.3, 0.4) is 0 Å². The summed E-state index contributed by atoms with van der Waals surface area (Å²) in [5.74, 6) is 0. The van der Waals surface area contributed by atoms with Crippen LogP contribution in [0.15, 0.2) is 285 Å². The lowest BCUT2D eigenvalue weighted by Gasteiger charge is -2.38. The second-order valence-corrected chi connectivity index (χ2v) is 21.6. The van der Waals surface area contributed by atoms with Crippen molar-refractivity contribution in [2.75, 3.05) is 4.90 Å². The molecule has 0 atom stereocenters. The van der Waals surface area contributed by atoms with Crippen LogP contribution in [0.5, 0.6) is 0 Å². The summed E-state index contributed by atoms with van der Waals surface area (Å²) in [7, 11) is 0. The number of anilines is 3. The van der Waals surface area contributed by atoms with E-state index in [2.05, 4.69) is 290 Å². The third-order valence-electron chi connectivity index (χ3n) is 17.0. The molecule has 76 heavy (non-hydrogen) atoms. The molecule has 2 heteroatoms. The first-order valence-corrected chi connectivity index (χ1v) is 27.2. The van der Waals surface area contributed by atoms with Gasteiger partial charge in [-0.15, -0.1) is 11.3 Å². The van der Waals surface area contributed by atoms with Crippen LogP contribution in [0, 0.1) is 0 Å². The lowest BCUT2D eigenvalue weighted by molar-refractivity contribution is 0.772. The summed E-state index contributed by atoms with van der Waals surface area (Å²) in [5, 5.41) is 2.58. The van der Waals surface area contributed by atoms with E-state index in [-0.39, 0.29) is 0 Å². The van der Waals surface area contributed by atoms with E-state index in [9.17, 15) is 0 Å². The molecule has 0 saturated heterocycles. The van der Waals surface area contributed by atoms with Gasteiger partial charge >= 0.3 is 0 Å². The predicted octanol–water partition coefficient (Wildman–Crippen LogP) is 19.6. The molecule has 354 valence electrons. The summed E-state index contributed by atoms with van der Waals surface area (Å²) in [5.41, 5.74) is 24.9. The van der Waals surface area contributed by atoms with Gasteiger partial charge in [0.2, 0.25) is 0 Å². The largest absolute Gasteiger partial charge is 0.310 e. The highest BCUT2D eigenvalue weighted by molar-refractivity contribution is 7.25. The zero-order chi connectivity index (χ0) is 50.0. The van der Waals surface area contributed by atoms with Gasteiger partial charge in [-0.2, -0.15) is 0 Å². The first kappa shape index (κ1) is 43.1. The van der Waals surface area contributed by atoms with Crippen LogP contribution in [-0.4, -0.2) is 0 Å². The summed E-state index contributed by atoms with van der Waals surface area (Å²) in [6, 6.07) is 107. The highest BCUT2D eigenvalue weighted by Crippen LogP contribution is 2.66. The first-order chi connectivity index (χ1) is 37.7. The van der Waals surface area contributed by atoms with Crippen molar-refractivity contribution in [3.63, 3.8) is 0 Å². The summed E-state index contributed by atoms with van der Waals surface area (Å²) in [4.78, 5) is 2.59. The number of fused-ring (bicyclic) bond motifs is 16. The first-order valence-electron chi connectivity index (χ1n) is 26.4. The molecule has 0 amide bonds. The molecule has 0 bridgehead atoms. The van der Waals surface area contributed by atoms with Gasteiger partial charge in [-0.1, -0.05) is 249 Å². The van der Waals surface area contributed by atoms with Crippen molar-refractivity contribution in [3.05, 3.63) is 330 Å². The molecule has 1 aromatic heterocycles. The molecule has 1 heterocycles. The fraction of sp³-hybridized carbons (Fsp3) is 0.0270.